The Hall–Kier alpha value is -1.47. The van der Waals surface area contributed by atoms with Crippen LogP contribution in [-0.2, 0) is 10.0 Å². The molecule has 0 saturated heterocycles. The number of hydrogen-bond donors (Lipinski definition) is 1. The fourth-order valence-electron chi connectivity index (χ4n) is 5.82. The Bertz CT molecular complexity index is 783. The molecule has 1 N–H and O–H groups in total. The van der Waals surface area contributed by atoms with Crippen molar-refractivity contribution in [2.24, 2.45) is 23.2 Å². The standard InChI is InChI=1S/C18H24N2O4S/c1-12-2-3-16(20(21)22)7-17(12)25(23,24)19-11-18-8-13-4-14(9-18)6-15(5-13)10-18/h2-3,7,13-15,19H,4-6,8-11H2,1H3. The van der Waals surface area contributed by atoms with E-state index in [1.54, 1.807) is 6.92 Å². The molecule has 5 rings (SSSR count). The summed E-state index contributed by atoms with van der Waals surface area (Å²) in [5.74, 6) is 2.28. The molecule has 0 radical (unpaired) electrons. The molecule has 4 aliphatic rings. The van der Waals surface area contributed by atoms with Crippen molar-refractivity contribution < 1.29 is 13.3 Å². The Balaban J connectivity index is 1.55. The molecular formula is C18H24N2O4S. The third-order valence-electron chi connectivity index (χ3n) is 6.47. The summed E-state index contributed by atoms with van der Waals surface area (Å²) in [7, 11) is -3.75. The van der Waals surface area contributed by atoms with Crippen molar-refractivity contribution in [3.8, 4) is 0 Å². The summed E-state index contributed by atoms with van der Waals surface area (Å²) in [6, 6.07) is 4.00. The van der Waals surface area contributed by atoms with Crippen molar-refractivity contribution in [3.63, 3.8) is 0 Å². The second-order valence-corrected chi connectivity index (χ2v) is 10.2. The number of nitrogens with zero attached hydrogens (tertiary/aromatic N) is 1. The smallest absolute Gasteiger partial charge is 0.258 e. The molecule has 4 saturated carbocycles. The van der Waals surface area contributed by atoms with Gasteiger partial charge in [-0.25, -0.2) is 13.1 Å². The molecule has 0 unspecified atom stereocenters. The van der Waals surface area contributed by atoms with Crippen molar-refractivity contribution in [1.82, 2.24) is 4.72 Å². The first kappa shape index (κ1) is 17.0. The van der Waals surface area contributed by atoms with Gasteiger partial charge in [0.2, 0.25) is 10.0 Å². The molecular weight excluding hydrogens is 340 g/mol. The minimum Gasteiger partial charge on any atom is -0.258 e. The van der Waals surface area contributed by atoms with Crippen LogP contribution in [0, 0.1) is 40.2 Å². The number of rotatable bonds is 5. The summed E-state index contributed by atoms with van der Waals surface area (Å²) in [6.45, 7) is 2.13. The average Bonchev–Trinajstić information content (AvgIpc) is 2.52. The van der Waals surface area contributed by atoms with E-state index in [1.165, 1.54) is 31.4 Å². The normalized spacial score (nSPS) is 33.6. The third kappa shape index (κ3) is 3.08. The van der Waals surface area contributed by atoms with Crippen LogP contribution in [0.4, 0.5) is 5.69 Å². The van der Waals surface area contributed by atoms with E-state index >= 15 is 0 Å². The first-order valence-electron chi connectivity index (χ1n) is 9.01. The fourth-order valence-corrected chi connectivity index (χ4v) is 7.24. The molecule has 0 spiro atoms. The Labute approximate surface area is 148 Å². The summed E-state index contributed by atoms with van der Waals surface area (Å²) in [5, 5.41) is 11.0. The van der Waals surface area contributed by atoms with Gasteiger partial charge in [0.15, 0.2) is 0 Å². The maximum Gasteiger partial charge on any atom is 0.270 e. The van der Waals surface area contributed by atoms with Gasteiger partial charge in [-0.15, -0.1) is 0 Å². The summed E-state index contributed by atoms with van der Waals surface area (Å²) in [6.07, 6.45) is 7.31. The highest BCUT2D eigenvalue weighted by atomic mass is 32.2. The minimum atomic E-state index is -3.75. The summed E-state index contributed by atoms with van der Waals surface area (Å²) >= 11 is 0. The zero-order valence-electron chi connectivity index (χ0n) is 14.4. The van der Waals surface area contributed by atoms with Gasteiger partial charge in [-0.2, -0.15) is 0 Å². The highest BCUT2D eigenvalue weighted by Crippen LogP contribution is 2.59. The minimum absolute atomic E-state index is 0.0198. The van der Waals surface area contributed by atoms with Crippen molar-refractivity contribution in [1.29, 1.82) is 0 Å². The van der Waals surface area contributed by atoms with Crippen LogP contribution in [0.5, 0.6) is 0 Å². The molecule has 1 aromatic carbocycles. The highest BCUT2D eigenvalue weighted by molar-refractivity contribution is 7.89. The van der Waals surface area contributed by atoms with Crippen molar-refractivity contribution in [2.75, 3.05) is 6.54 Å². The number of nitro groups is 1. The van der Waals surface area contributed by atoms with Crippen molar-refractivity contribution >= 4 is 15.7 Å². The van der Waals surface area contributed by atoms with Crippen LogP contribution < -0.4 is 4.72 Å². The number of non-ortho nitro benzene ring substituents is 1. The molecule has 4 aliphatic carbocycles. The lowest BCUT2D eigenvalue weighted by atomic mass is 9.50. The first-order valence-corrected chi connectivity index (χ1v) is 10.5. The molecule has 6 nitrogen and oxygen atoms in total. The molecule has 136 valence electrons. The summed E-state index contributed by atoms with van der Waals surface area (Å²) in [4.78, 5) is 10.4. The monoisotopic (exact) mass is 364 g/mol. The third-order valence-corrected chi connectivity index (χ3v) is 8.02. The summed E-state index contributed by atoms with van der Waals surface area (Å²) < 4.78 is 28.4. The van der Waals surface area contributed by atoms with E-state index in [0.717, 1.165) is 43.1 Å². The van der Waals surface area contributed by atoms with Gasteiger partial charge in [0, 0.05) is 18.7 Å². The van der Waals surface area contributed by atoms with E-state index in [9.17, 15) is 18.5 Å². The van der Waals surface area contributed by atoms with E-state index < -0.39 is 14.9 Å². The maximum absolute atomic E-state index is 12.8. The highest BCUT2D eigenvalue weighted by Gasteiger charge is 2.51. The number of benzene rings is 1. The molecule has 0 amide bonds. The SMILES string of the molecule is Cc1ccc([N+](=O)[O-])cc1S(=O)(=O)NCC12CC3CC(CC(C3)C1)C2. The van der Waals surface area contributed by atoms with Crippen LogP contribution in [0.3, 0.4) is 0 Å². The van der Waals surface area contributed by atoms with E-state index in [1.807, 2.05) is 0 Å². The maximum atomic E-state index is 12.8. The average molecular weight is 364 g/mol. The van der Waals surface area contributed by atoms with Crippen molar-refractivity contribution in [2.45, 2.75) is 50.3 Å². The molecule has 7 heteroatoms. The van der Waals surface area contributed by atoms with Gasteiger partial charge in [-0.05, 0) is 74.2 Å². The van der Waals surface area contributed by atoms with Gasteiger partial charge < -0.3 is 0 Å². The molecule has 1 aromatic rings. The number of sulfonamides is 1. The number of nitrogens with one attached hydrogen (secondary N) is 1. The molecule has 0 aromatic heterocycles. The first-order chi connectivity index (χ1) is 11.8. The second kappa shape index (κ2) is 5.77. The molecule has 0 aliphatic heterocycles. The van der Waals surface area contributed by atoms with Gasteiger partial charge in [-0.1, -0.05) is 6.07 Å². The lowest BCUT2D eigenvalue weighted by Gasteiger charge is -2.56. The van der Waals surface area contributed by atoms with Gasteiger partial charge >= 0.3 is 0 Å². The predicted molar refractivity (Wildman–Crippen MR) is 93.6 cm³/mol. The van der Waals surface area contributed by atoms with E-state index in [0.29, 0.717) is 12.1 Å². The Morgan fingerprint density at radius 3 is 2.24 bits per heavy atom. The van der Waals surface area contributed by atoms with Crippen LogP contribution >= 0.6 is 0 Å². The van der Waals surface area contributed by atoms with E-state index in [2.05, 4.69) is 4.72 Å². The Morgan fingerprint density at radius 1 is 1.16 bits per heavy atom. The lowest BCUT2D eigenvalue weighted by Crippen LogP contribution is -2.51. The molecule has 4 bridgehead atoms. The van der Waals surface area contributed by atoms with E-state index in [-0.39, 0.29) is 16.0 Å². The van der Waals surface area contributed by atoms with E-state index in [4.69, 9.17) is 0 Å². The lowest BCUT2D eigenvalue weighted by molar-refractivity contribution is -0.385. The zero-order valence-corrected chi connectivity index (χ0v) is 15.2. The largest absolute Gasteiger partial charge is 0.270 e. The number of aryl methyl sites for hydroxylation is 1. The van der Waals surface area contributed by atoms with Crippen LogP contribution in [0.25, 0.3) is 0 Å². The topological polar surface area (TPSA) is 89.3 Å². The van der Waals surface area contributed by atoms with Gasteiger partial charge in [-0.3, -0.25) is 10.1 Å². The molecule has 0 heterocycles. The van der Waals surface area contributed by atoms with Crippen LogP contribution in [-0.4, -0.2) is 19.9 Å². The van der Waals surface area contributed by atoms with Crippen molar-refractivity contribution in [3.05, 3.63) is 33.9 Å². The second-order valence-electron chi connectivity index (χ2n) is 8.45. The van der Waals surface area contributed by atoms with Gasteiger partial charge in [0.05, 0.1) is 9.82 Å². The molecule has 4 fully saturated rings. The number of nitro benzene ring substituents is 1. The Kier molecular flexibility index (Phi) is 3.92. The van der Waals surface area contributed by atoms with Gasteiger partial charge in [0.25, 0.3) is 5.69 Å². The quantitative estimate of drug-likeness (QED) is 0.640. The predicted octanol–water partition coefficient (Wildman–Crippen LogP) is 3.40. The van der Waals surface area contributed by atoms with Gasteiger partial charge in [0.1, 0.15) is 0 Å². The summed E-state index contributed by atoms with van der Waals surface area (Å²) in [5.41, 5.74) is 0.431. The van der Waals surface area contributed by atoms with Crippen LogP contribution in [0.15, 0.2) is 23.1 Å². The molecule has 0 atom stereocenters. The zero-order chi connectivity index (χ0) is 17.8. The number of hydrogen-bond acceptors (Lipinski definition) is 4. The Morgan fingerprint density at radius 2 is 1.72 bits per heavy atom. The fraction of sp³-hybridized carbons (Fsp3) is 0.667. The molecule has 25 heavy (non-hydrogen) atoms. The van der Waals surface area contributed by atoms with Crippen LogP contribution in [0.2, 0.25) is 0 Å². The van der Waals surface area contributed by atoms with Crippen LogP contribution in [0.1, 0.15) is 44.1 Å².